The summed E-state index contributed by atoms with van der Waals surface area (Å²) in [4.78, 5) is 0. The molecule has 1 aromatic rings. The summed E-state index contributed by atoms with van der Waals surface area (Å²) >= 11 is 0. The molecule has 17 heavy (non-hydrogen) atoms. The van der Waals surface area contributed by atoms with E-state index in [1.54, 1.807) is 12.1 Å². The molecule has 1 atom stereocenters. The van der Waals surface area contributed by atoms with E-state index in [9.17, 15) is 4.39 Å². The smallest absolute Gasteiger partial charge is 0.165 e. The van der Waals surface area contributed by atoms with Crippen LogP contribution < -0.4 is 10.5 Å². The molecule has 0 aliphatic heterocycles. The van der Waals surface area contributed by atoms with Gasteiger partial charge in [0.05, 0.1) is 7.11 Å². The standard InChI is InChI=1S/C14H22FNO/c1-10(2)13(16)6-4-5-11-7-8-14(17-3)12(15)9-11/h7-10,13H,4-6,16H2,1-3H3. The van der Waals surface area contributed by atoms with E-state index in [4.69, 9.17) is 10.5 Å². The normalized spacial score (nSPS) is 12.8. The molecule has 0 aromatic heterocycles. The largest absolute Gasteiger partial charge is 0.494 e. The average molecular weight is 239 g/mol. The van der Waals surface area contributed by atoms with E-state index in [0.29, 0.717) is 11.7 Å². The van der Waals surface area contributed by atoms with Crippen LogP contribution >= 0.6 is 0 Å². The summed E-state index contributed by atoms with van der Waals surface area (Å²) in [5.41, 5.74) is 6.96. The second kappa shape index (κ2) is 6.60. The van der Waals surface area contributed by atoms with Crippen LogP contribution in [0.3, 0.4) is 0 Å². The van der Waals surface area contributed by atoms with Crippen LogP contribution in [0, 0.1) is 11.7 Å². The van der Waals surface area contributed by atoms with Crippen LogP contribution in [0.15, 0.2) is 18.2 Å². The van der Waals surface area contributed by atoms with Gasteiger partial charge in [0, 0.05) is 6.04 Å². The SMILES string of the molecule is COc1ccc(CCCC(N)C(C)C)cc1F. The van der Waals surface area contributed by atoms with Crippen molar-refractivity contribution in [2.75, 3.05) is 7.11 Å². The van der Waals surface area contributed by atoms with Crippen molar-refractivity contribution in [2.45, 2.75) is 39.2 Å². The first-order valence-corrected chi connectivity index (χ1v) is 6.12. The van der Waals surface area contributed by atoms with E-state index in [-0.39, 0.29) is 11.9 Å². The Kier molecular flexibility index (Phi) is 5.42. The monoisotopic (exact) mass is 239 g/mol. The number of nitrogens with two attached hydrogens (primary N) is 1. The van der Waals surface area contributed by atoms with Gasteiger partial charge in [0.2, 0.25) is 0 Å². The van der Waals surface area contributed by atoms with Crippen molar-refractivity contribution in [1.29, 1.82) is 0 Å². The van der Waals surface area contributed by atoms with Crippen LogP contribution in [0.5, 0.6) is 5.75 Å². The quantitative estimate of drug-likeness (QED) is 0.827. The van der Waals surface area contributed by atoms with Crippen molar-refractivity contribution in [2.24, 2.45) is 11.7 Å². The Morgan fingerprint density at radius 1 is 1.35 bits per heavy atom. The van der Waals surface area contributed by atoms with Crippen molar-refractivity contribution in [3.05, 3.63) is 29.6 Å². The lowest BCUT2D eigenvalue weighted by atomic mass is 9.98. The van der Waals surface area contributed by atoms with Crippen LogP contribution in [0.2, 0.25) is 0 Å². The zero-order chi connectivity index (χ0) is 12.8. The molecule has 0 radical (unpaired) electrons. The molecule has 0 fully saturated rings. The van der Waals surface area contributed by atoms with Gasteiger partial charge >= 0.3 is 0 Å². The zero-order valence-electron chi connectivity index (χ0n) is 10.9. The predicted octanol–water partition coefficient (Wildman–Crippen LogP) is 3.14. The Labute approximate surface area is 103 Å². The number of benzene rings is 1. The van der Waals surface area contributed by atoms with Gasteiger partial charge in [-0.2, -0.15) is 0 Å². The highest BCUT2D eigenvalue weighted by atomic mass is 19.1. The summed E-state index contributed by atoms with van der Waals surface area (Å²) in [7, 11) is 1.47. The molecule has 3 heteroatoms. The van der Waals surface area contributed by atoms with E-state index < -0.39 is 0 Å². The molecule has 2 nitrogen and oxygen atoms in total. The fraction of sp³-hybridized carbons (Fsp3) is 0.571. The van der Waals surface area contributed by atoms with Gasteiger partial charge in [-0.1, -0.05) is 19.9 Å². The number of ether oxygens (including phenoxy) is 1. The van der Waals surface area contributed by atoms with E-state index in [1.807, 2.05) is 6.07 Å². The molecule has 2 N–H and O–H groups in total. The maximum absolute atomic E-state index is 13.4. The third-order valence-corrected chi connectivity index (χ3v) is 3.08. The molecule has 1 aromatic carbocycles. The minimum absolute atomic E-state index is 0.234. The number of hydrogen-bond acceptors (Lipinski definition) is 2. The fourth-order valence-electron chi connectivity index (χ4n) is 1.74. The highest BCUT2D eigenvalue weighted by molar-refractivity contribution is 5.29. The van der Waals surface area contributed by atoms with Gasteiger partial charge in [0.25, 0.3) is 0 Å². The molecule has 0 heterocycles. The molecule has 0 saturated heterocycles. The summed E-state index contributed by atoms with van der Waals surface area (Å²) in [6, 6.07) is 5.35. The Morgan fingerprint density at radius 2 is 2.06 bits per heavy atom. The second-order valence-electron chi connectivity index (χ2n) is 4.77. The first-order valence-electron chi connectivity index (χ1n) is 6.12. The summed E-state index contributed by atoms with van der Waals surface area (Å²) in [5, 5.41) is 0. The number of rotatable bonds is 6. The van der Waals surface area contributed by atoms with Crippen molar-refractivity contribution in [1.82, 2.24) is 0 Å². The molecule has 0 aliphatic rings. The first-order chi connectivity index (χ1) is 8.04. The topological polar surface area (TPSA) is 35.2 Å². The van der Waals surface area contributed by atoms with Gasteiger partial charge in [-0.3, -0.25) is 0 Å². The van der Waals surface area contributed by atoms with E-state index in [1.165, 1.54) is 7.11 Å². The Hall–Kier alpha value is -1.09. The van der Waals surface area contributed by atoms with Gasteiger partial charge in [-0.05, 0) is 42.9 Å². The number of halogens is 1. The number of hydrogen-bond donors (Lipinski definition) is 1. The molecule has 0 saturated carbocycles. The van der Waals surface area contributed by atoms with Crippen LogP contribution in [0.1, 0.15) is 32.3 Å². The third kappa shape index (κ3) is 4.35. The summed E-state index contributed by atoms with van der Waals surface area (Å²) < 4.78 is 18.3. The Balaban J connectivity index is 2.45. The highest BCUT2D eigenvalue weighted by Crippen LogP contribution is 2.19. The summed E-state index contributed by atoms with van der Waals surface area (Å²) in [5.74, 6) is 0.508. The molecule has 1 rings (SSSR count). The van der Waals surface area contributed by atoms with Gasteiger partial charge in [0.1, 0.15) is 0 Å². The molecule has 0 bridgehead atoms. The van der Waals surface area contributed by atoms with Gasteiger partial charge in [-0.25, -0.2) is 4.39 Å². The molecule has 0 aliphatic carbocycles. The van der Waals surface area contributed by atoms with Crippen molar-refractivity contribution in [3.63, 3.8) is 0 Å². The maximum Gasteiger partial charge on any atom is 0.165 e. The fourth-order valence-corrected chi connectivity index (χ4v) is 1.74. The average Bonchev–Trinajstić information content (AvgIpc) is 2.29. The van der Waals surface area contributed by atoms with Crippen molar-refractivity contribution in [3.8, 4) is 5.75 Å². The lowest BCUT2D eigenvalue weighted by molar-refractivity contribution is 0.386. The summed E-state index contributed by atoms with van der Waals surface area (Å²) in [6.07, 6.45) is 2.83. The second-order valence-corrected chi connectivity index (χ2v) is 4.77. The number of aryl methyl sites for hydroxylation is 1. The number of methoxy groups -OCH3 is 1. The molecular formula is C14H22FNO. The van der Waals surface area contributed by atoms with E-state index in [2.05, 4.69) is 13.8 Å². The molecule has 96 valence electrons. The molecule has 0 amide bonds. The third-order valence-electron chi connectivity index (χ3n) is 3.08. The van der Waals surface area contributed by atoms with Crippen LogP contribution in [-0.4, -0.2) is 13.2 Å². The molecule has 0 spiro atoms. The van der Waals surface area contributed by atoms with Crippen LogP contribution in [-0.2, 0) is 6.42 Å². The molecule has 1 unspecified atom stereocenters. The lowest BCUT2D eigenvalue weighted by Gasteiger charge is -2.15. The lowest BCUT2D eigenvalue weighted by Crippen LogP contribution is -2.26. The summed E-state index contributed by atoms with van der Waals surface area (Å²) in [6.45, 7) is 4.25. The maximum atomic E-state index is 13.4. The highest BCUT2D eigenvalue weighted by Gasteiger charge is 2.08. The Morgan fingerprint density at radius 3 is 2.59 bits per heavy atom. The van der Waals surface area contributed by atoms with Crippen molar-refractivity contribution >= 4 is 0 Å². The molecular weight excluding hydrogens is 217 g/mol. The minimum Gasteiger partial charge on any atom is -0.494 e. The minimum atomic E-state index is -0.293. The van der Waals surface area contributed by atoms with Crippen molar-refractivity contribution < 1.29 is 9.13 Å². The first kappa shape index (κ1) is 14.0. The van der Waals surface area contributed by atoms with Gasteiger partial charge in [0.15, 0.2) is 11.6 Å². The Bertz CT molecular complexity index is 352. The van der Waals surface area contributed by atoms with Gasteiger partial charge in [-0.15, -0.1) is 0 Å². The van der Waals surface area contributed by atoms with Gasteiger partial charge < -0.3 is 10.5 Å². The zero-order valence-corrected chi connectivity index (χ0v) is 10.9. The van der Waals surface area contributed by atoms with Crippen LogP contribution in [0.25, 0.3) is 0 Å². The predicted molar refractivity (Wildman–Crippen MR) is 68.7 cm³/mol. The van der Waals surface area contributed by atoms with Crippen LogP contribution in [0.4, 0.5) is 4.39 Å². The van der Waals surface area contributed by atoms with E-state index >= 15 is 0 Å². The van der Waals surface area contributed by atoms with E-state index in [0.717, 1.165) is 24.8 Å².